The van der Waals surface area contributed by atoms with Crippen molar-refractivity contribution in [3.63, 3.8) is 0 Å². The molecule has 1 N–H and O–H groups in total. The zero-order valence-electron chi connectivity index (χ0n) is 12.6. The molecule has 0 atom stereocenters. The molecule has 0 saturated carbocycles. The Balaban J connectivity index is 2.06. The summed E-state index contributed by atoms with van der Waals surface area (Å²) in [6.45, 7) is 2.70. The molecule has 114 valence electrons. The summed E-state index contributed by atoms with van der Waals surface area (Å²) in [5.74, 6) is 0.416. The summed E-state index contributed by atoms with van der Waals surface area (Å²) < 4.78 is 23.6. The number of hydrogen-bond acceptors (Lipinski definition) is 3. The smallest absolute Gasteiger partial charge is 0.130 e. The van der Waals surface area contributed by atoms with E-state index in [1.807, 2.05) is 12.1 Å². The van der Waals surface area contributed by atoms with Crippen LogP contribution in [0.15, 0.2) is 18.2 Å². The van der Waals surface area contributed by atoms with Crippen molar-refractivity contribution in [2.24, 2.45) is 0 Å². The molecule has 4 heteroatoms. The van der Waals surface area contributed by atoms with E-state index in [0.717, 1.165) is 50.9 Å². The molecule has 1 aromatic rings. The lowest BCUT2D eigenvalue weighted by Gasteiger charge is -2.06. The van der Waals surface area contributed by atoms with Gasteiger partial charge in [0.2, 0.25) is 0 Å². The van der Waals surface area contributed by atoms with Crippen LogP contribution in [0, 0.1) is 5.82 Å². The molecule has 0 fully saturated rings. The number of unbranched alkanes of at least 4 members (excludes halogenated alkanes) is 3. The molecule has 0 aliphatic heterocycles. The average molecular weight is 283 g/mol. The minimum absolute atomic E-state index is 0.161. The topological polar surface area (TPSA) is 30.5 Å². The summed E-state index contributed by atoms with van der Waals surface area (Å²) in [5, 5.41) is 3.32. The molecule has 0 aliphatic carbocycles. The first-order chi connectivity index (χ1) is 9.77. The first kappa shape index (κ1) is 16.9. The second-order valence-corrected chi connectivity index (χ2v) is 4.86. The third-order valence-electron chi connectivity index (χ3n) is 3.29. The fourth-order valence-corrected chi connectivity index (χ4v) is 2.08. The third-order valence-corrected chi connectivity index (χ3v) is 3.29. The van der Waals surface area contributed by atoms with E-state index in [1.54, 1.807) is 14.2 Å². The molecular formula is C16H26FNO2. The van der Waals surface area contributed by atoms with Crippen LogP contribution in [0.4, 0.5) is 4.39 Å². The van der Waals surface area contributed by atoms with E-state index in [0.29, 0.717) is 5.75 Å². The number of hydrogen-bond donors (Lipinski definition) is 1. The normalized spacial score (nSPS) is 10.8. The van der Waals surface area contributed by atoms with E-state index < -0.39 is 0 Å². The summed E-state index contributed by atoms with van der Waals surface area (Å²) in [6, 6.07) is 5.09. The van der Waals surface area contributed by atoms with Crippen LogP contribution in [0.3, 0.4) is 0 Å². The minimum atomic E-state index is -0.161. The lowest BCUT2D eigenvalue weighted by molar-refractivity contribution is 0.199. The molecule has 0 heterocycles. The van der Waals surface area contributed by atoms with Crippen molar-refractivity contribution in [2.75, 3.05) is 33.9 Å². The van der Waals surface area contributed by atoms with E-state index in [2.05, 4.69) is 5.32 Å². The Kier molecular flexibility index (Phi) is 9.00. The number of ether oxygens (including phenoxy) is 2. The van der Waals surface area contributed by atoms with Crippen LogP contribution >= 0.6 is 0 Å². The Labute approximate surface area is 121 Å². The van der Waals surface area contributed by atoms with Crippen LogP contribution in [-0.2, 0) is 11.2 Å². The van der Waals surface area contributed by atoms with Gasteiger partial charge < -0.3 is 14.8 Å². The summed E-state index contributed by atoms with van der Waals surface area (Å²) in [5.41, 5.74) is 0.781. The van der Waals surface area contributed by atoms with Crippen LogP contribution in [0.25, 0.3) is 0 Å². The van der Waals surface area contributed by atoms with E-state index in [9.17, 15) is 4.39 Å². The quantitative estimate of drug-likeness (QED) is 0.633. The molecule has 20 heavy (non-hydrogen) atoms. The molecule has 0 unspecified atom stereocenters. The Morgan fingerprint density at radius 2 is 1.85 bits per heavy atom. The van der Waals surface area contributed by atoms with Gasteiger partial charge in [-0.25, -0.2) is 4.39 Å². The summed E-state index contributed by atoms with van der Waals surface area (Å²) in [7, 11) is 3.26. The van der Waals surface area contributed by atoms with Gasteiger partial charge >= 0.3 is 0 Å². The molecule has 0 aliphatic rings. The van der Waals surface area contributed by atoms with Crippen molar-refractivity contribution in [2.45, 2.75) is 32.1 Å². The van der Waals surface area contributed by atoms with Gasteiger partial charge in [-0.15, -0.1) is 0 Å². The van der Waals surface area contributed by atoms with E-state index >= 15 is 0 Å². The molecule has 0 aromatic heterocycles. The Morgan fingerprint density at radius 1 is 1.05 bits per heavy atom. The van der Waals surface area contributed by atoms with Gasteiger partial charge in [0.1, 0.15) is 11.6 Å². The predicted molar refractivity (Wildman–Crippen MR) is 79.9 cm³/mol. The number of nitrogens with one attached hydrogen (secondary N) is 1. The van der Waals surface area contributed by atoms with E-state index in [-0.39, 0.29) is 5.82 Å². The average Bonchev–Trinajstić information content (AvgIpc) is 2.47. The fourth-order valence-electron chi connectivity index (χ4n) is 2.08. The standard InChI is InChI=1S/C16H26FNO2/c1-19-12-11-18-10-6-4-3-5-7-14-8-9-15(20-2)13-16(14)17/h8-9,13,18H,3-7,10-12H2,1-2H3. The van der Waals surface area contributed by atoms with Crippen molar-refractivity contribution in [1.82, 2.24) is 5.32 Å². The second kappa shape index (κ2) is 10.6. The highest BCUT2D eigenvalue weighted by molar-refractivity contribution is 5.28. The summed E-state index contributed by atoms with van der Waals surface area (Å²) >= 11 is 0. The summed E-state index contributed by atoms with van der Waals surface area (Å²) in [6.07, 6.45) is 5.30. The van der Waals surface area contributed by atoms with Crippen molar-refractivity contribution < 1.29 is 13.9 Å². The number of aryl methyl sites for hydroxylation is 1. The highest BCUT2D eigenvalue weighted by atomic mass is 19.1. The van der Waals surface area contributed by atoms with Gasteiger partial charge in [-0.3, -0.25) is 0 Å². The molecule has 0 radical (unpaired) electrons. The third kappa shape index (κ3) is 6.87. The molecule has 0 saturated heterocycles. The lowest BCUT2D eigenvalue weighted by atomic mass is 10.1. The highest BCUT2D eigenvalue weighted by Crippen LogP contribution is 2.18. The van der Waals surface area contributed by atoms with Gasteiger partial charge in [-0.2, -0.15) is 0 Å². The molecule has 0 spiro atoms. The SMILES string of the molecule is COCCNCCCCCCc1ccc(OC)cc1F. The largest absolute Gasteiger partial charge is 0.497 e. The van der Waals surface area contributed by atoms with Gasteiger partial charge in [0.25, 0.3) is 0 Å². The van der Waals surface area contributed by atoms with E-state index in [4.69, 9.17) is 9.47 Å². The number of rotatable bonds is 11. The Bertz CT molecular complexity index is 371. The first-order valence-corrected chi connectivity index (χ1v) is 7.30. The first-order valence-electron chi connectivity index (χ1n) is 7.30. The maximum atomic E-state index is 13.7. The zero-order chi connectivity index (χ0) is 14.6. The van der Waals surface area contributed by atoms with Gasteiger partial charge in [-0.1, -0.05) is 18.9 Å². The molecule has 0 bridgehead atoms. The summed E-state index contributed by atoms with van der Waals surface area (Å²) in [4.78, 5) is 0. The number of benzene rings is 1. The van der Waals surface area contributed by atoms with Crippen LogP contribution < -0.4 is 10.1 Å². The number of halogens is 1. The minimum Gasteiger partial charge on any atom is -0.497 e. The van der Waals surface area contributed by atoms with Crippen molar-refractivity contribution in [1.29, 1.82) is 0 Å². The van der Waals surface area contributed by atoms with Crippen molar-refractivity contribution >= 4 is 0 Å². The zero-order valence-corrected chi connectivity index (χ0v) is 12.6. The second-order valence-electron chi connectivity index (χ2n) is 4.86. The molecule has 1 rings (SSSR count). The maximum Gasteiger partial charge on any atom is 0.130 e. The van der Waals surface area contributed by atoms with Crippen LogP contribution in [0.2, 0.25) is 0 Å². The molecule has 3 nitrogen and oxygen atoms in total. The monoisotopic (exact) mass is 283 g/mol. The number of methoxy groups -OCH3 is 2. The van der Waals surface area contributed by atoms with Gasteiger partial charge in [0.15, 0.2) is 0 Å². The predicted octanol–water partition coefficient (Wildman–Crippen LogP) is 3.17. The maximum absolute atomic E-state index is 13.7. The van der Waals surface area contributed by atoms with Gasteiger partial charge in [0, 0.05) is 19.7 Å². The molecular weight excluding hydrogens is 257 g/mol. The van der Waals surface area contributed by atoms with Crippen LogP contribution in [-0.4, -0.2) is 33.9 Å². The van der Waals surface area contributed by atoms with Crippen molar-refractivity contribution in [3.8, 4) is 5.75 Å². The molecule has 1 aromatic carbocycles. The van der Waals surface area contributed by atoms with Crippen LogP contribution in [0.1, 0.15) is 31.2 Å². The van der Waals surface area contributed by atoms with Gasteiger partial charge in [0.05, 0.1) is 13.7 Å². The van der Waals surface area contributed by atoms with E-state index in [1.165, 1.54) is 12.5 Å². The van der Waals surface area contributed by atoms with Gasteiger partial charge in [-0.05, 0) is 37.4 Å². The lowest BCUT2D eigenvalue weighted by Crippen LogP contribution is -2.20. The Morgan fingerprint density at radius 3 is 2.55 bits per heavy atom. The molecule has 0 amide bonds. The highest BCUT2D eigenvalue weighted by Gasteiger charge is 2.03. The fraction of sp³-hybridized carbons (Fsp3) is 0.625. The Hall–Kier alpha value is -1.13. The van der Waals surface area contributed by atoms with Crippen molar-refractivity contribution in [3.05, 3.63) is 29.6 Å². The van der Waals surface area contributed by atoms with Crippen LogP contribution in [0.5, 0.6) is 5.75 Å².